The van der Waals surface area contributed by atoms with Crippen molar-refractivity contribution in [3.8, 4) is 0 Å². The van der Waals surface area contributed by atoms with Gasteiger partial charge >= 0.3 is 5.97 Å². The molecule has 0 aliphatic heterocycles. The summed E-state index contributed by atoms with van der Waals surface area (Å²) in [6, 6.07) is -0.349. The normalized spacial score (nSPS) is 12.5. The van der Waals surface area contributed by atoms with E-state index in [4.69, 9.17) is 4.74 Å². The second-order valence-electron chi connectivity index (χ2n) is 3.77. The van der Waals surface area contributed by atoms with E-state index in [1.807, 2.05) is 27.7 Å². The largest absolute Gasteiger partial charge is 0.464 e. The number of hydrogen-bond acceptors (Lipinski definition) is 4. The maximum Gasteiger partial charge on any atom is 0.330 e. The van der Waals surface area contributed by atoms with Crippen LogP contribution in [0.2, 0.25) is 0 Å². The van der Waals surface area contributed by atoms with Crippen LogP contribution in [0.3, 0.4) is 0 Å². The van der Waals surface area contributed by atoms with Crippen molar-refractivity contribution in [3.05, 3.63) is 11.6 Å². The van der Waals surface area contributed by atoms with E-state index in [-0.39, 0.29) is 12.0 Å². The second kappa shape index (κ2) is 6.37. The Morgan fingerprint density at radius 2 is 2.00 bits per heavy atom. The zero-order chi connectivity index (χ0) is 12.8. The number of hydrogen-bond donors (Lipinski definition) is 0. The number of aromatic nitrogens is 3. The monoisotopic (exact) mass is 239 g/mol. The van der Waals surface area contributed by atoms with Crippen molar-refractivity contribution < 1.29 is 9.53 Å². The van der Waals surface area contributed by atoms with Gasteiger partial charge in [-0.15, -0.1) is 0 Å². The molecule has 0 radical (unpaired) electrons. The summed E-state index contributed by atoms with van der Waals surface area (Å²) in [5, 5.41) is 4.38. The van der Waals surface area contributed by atoms with Gasteiger partial charge in [-0.25, -0.2) is 14.5 Å². The number of rotatable bonds is 6. The fourth-order valence-corrected chi connectivity index (χ4v) is 1.72. The molecule has 1 unspecified atom stereocenters. The minimum atomic E-state index is -0.349. The highest BCUT2D eigenvalue weighted by atomic mass is 16.5. The van der Waals surface area contributed by atoms with Gasteiger partial charge in [-0.2, -0.15) is 5.10 Å². The molecule has 0 aliphatic rings. The van der Waals surface area contributed by atoms with Gasteiger partial charge in [0.15, 0.2) is 11.9 Å². The zero-order valence-electron chi connectivity index (χ0n) is 11.1. The van der Waals surface area contributed by atoms with Gasteiger partial charge < -0.3 is 4.74 Å². The number of carbonyl (C=O) groups is 1. The van der Waals surface area contributed by atoms with Crippen molar-refractivity contribution in [2.24, 2.45) is 0 Å². The van der Waals surface area contributed by atoms with Crippen LogP contribution in [-0.2, 0) is 22.4 Å². The van der Waals surface area contributed by atoms with Gasteiger partial charge in [0.25, 0.3) is 0 Å². The van der Waals surface area contributed by atoms with Crippen LogP contribution < -0.4 is 0 Å². The average molecular weight is 239 g/mol. The van der Waals surface area contributed by atoms with Crippen LogP contribution >= 0.6 is 0 Å². The molecule has 0 saturated heterocycles. The summed E-state index contributed by atoms with van der Waals surface area (Å²) in [6.45, 7) is 8.17. The third-order valence-electron chi connectivity index (χ3n) is 2.62. The van der Waals surface area contributed by atoms with Crippen molar-refractivity contribution >= 4 is 5.97 Å². The molecule has 1 rings (SSSR count). The Kier molecular flexibility index (Phi) is 5.12. The molecule has 0 N–H and O–H groups in total. The van der Waals surface area contributed by atoms with E-state index >= 15 is 0 Å². The summed E-state index contributed by atoms with van der Waals surface area (Å²) in [7, 11) is 0. The molecule has 1 heterocycles. The molecular weight excluding hydrogens is 218 g/mol. The molecule has 1 atom stereocenters. The van der Waals surface area contributed by atoms with E-state index < -0.39 is 0 Å². The summed E-state index contributed by atoms with van der Waals surface area (Å²) >= 11 is 0. The van der Waals surface area contributed by atoms with E-state index in [9.17, 15) is 4.79 Å². The maximum atomic E-state index is 11.8. The Hall–Kier alpha value is -1.39. The Morgan fingerprint density at radius 3 is 2.47 bits per heavy atom. The third kappa shape index (κ3) is 3.05. The molecule has 17 heavy (non-hydrogen) atoms. The lowest BCUT2D eigenvalue weighted by Crippen LogP contribution is -2.24. The summed E-state index contributed by atoms with van der Waals surface area (Å²) < 4.78 is 6.78. The molecule has 5 nitrogen and oxygen atoms in total. The molecule has 0 spiro atoms. The molecule has 0 fully saturated rings. The zero-order valence-corrected chi connectivity index (χ0v) is 11.1. The van der Waals surface area contributed by atoms with E-state index in [2.05, 4.69) is 10.1 Å². The summed E-state index contributed by atoms with van der Waals surface area (Å²) in [5.74, 6) is 1.41. The third-order valence-corrected chi connectivity index (χ3v) is 2.62. The first-order valence-electron chi connectivity index (χ1n) is 6.28. The quantitative estimate of drug-likeness (QED) is 0.712. The lowest BCUT2D eigenvalue weighted by Gasteiger charge is -2.15. The number of ether oxygens (including phenoxy) is 1. The van der Waals surface area contributed by atoms with Crippen molar-refractivity contribution in [1.29, 1.82) is 0 Å². The number of carbonyl (C=O) groups excluding carboxylic acids is 1. The Morgan fingerprint density at radius 1 is 1.29 bits per heavy atom. The van der Waals surface area contributed by atoms with Crippen molar-refractivity contribution in [3.63, 3.8) is 0 Å². The van der Waals surface area contributed by atoms with Gasteiger partial charge in [-0.1, -0.05) is 20.8 Å². The second-order valence-corrected chi connectivity index (χ2v) is 3.77. The first kappa shape index (κ1) is 13.7. The molecule has 0 aliphatic carbocycles. The fraction of sp³-hybridized carbons (Fsp3) is 0.750. The number of esters is 1. The molecule has 0 amide bonds. The van der Waals surface area contributed by atoms with E-state index in [1.165, 1.54) is 0 Å². The first-order valence-corrected chi connectivity index (χ1v) is 6.28. The van der Waals surface area contributed by atoms with Crippen molar-refractivity contribution in [2.75, 3.05) is 6.61 Å². The molecule has 1 aromatic rings. The smallest absolute Gasteiger partial charge is 0.330 e. The number of nitrogens with zero attached hydrogens (tertiary/aromatic N) is 3. The molecule has 0 aromatic carbocycles. The lowest BCUT2D eigenvalue weighted by molar-refractivity contribution is -0.147. The highest BCUT2D eigenvalue weighted by molar-refractivity contribution is 5.74. The van der Waals surface area contributed by atoms with Crippen LogP contribution in [-0.4, -0.2) is 27.3 Å². The predicted octanol–water partition coefficient (Wildman–Crippen LogP) is 1.92. The Bertz CT molecular complexity index is 374. The van der Waals surface area contributed by atoms with Crippen LogP contribution in [0.4, 0.5) is 0 Å². The average Bonchev–Trinajstić information content (AvgIpc) is 2.73. The standard InChI is InChI=1S/C12H21N3O2/c1-5-9(12(16)17-8-4)15-11(7-3)13-10(6-2)14-15/h9H,5-8H2,1-4H3. The molecular formula is C12H21N3O2. The topological polar surface area (TPSA) is 57.0 Å². The van der Waals surface area contributed by atoms with Crippen LogP contribution in [0.25, 0.3) is 0 Å². The molecule has 96 valence electrons. The Labute approximate surface area is 102 Å². The van der Waals surface area contributed by atoms with Gasteiger partial charge in [-0.3, -0.25) is 0 Å². The predicted molar refractivity (Wildman–Crippen MR) is 64.7 cm³/mol. The minimum absolute atomic E-state index is 0.225. The van der Waals surface area contributed by atoms with E-state index in [0.29, 0.717) is 13.0 Å². The van der Waals surface area contributed by atoms with E-state index in [0.717, 1.165) is 24.5 Å². The molecule has 5 heteroatoms. The fourth-order valence-electron chi connectivity index (χ4n) is 1.72. The highest BCUT2D eigenvalue weighted by Gasteiger charge is 2.23. The van der Waals surface area contributed by atoms with Crippen molar-refractivity contribution in [2.45, 2.75) is 53.0 Å². The van der Waals surface area contributed by atoms with Crippen LogP contribution in [0.15, 0.2) is 0 Å². The summed E-state index contributed by atoms with van der Waals surface area (Å²) in [4.78, 5) is 16.2. The highest BCUT2D eigenvalue weighted by Crippen LogP contribution is 2.15. The van der Waals surface area contributed by atoms with Crippen molar-refractivity contribution in [1.82, 2.24) is 14.8 Å². The first-order chi connectivity index (χ1) is 8.17. The van der Waals surface area contributed by atoms with Crippen LogP contribution in [0.1, 0.15) is 51.8 Å². The van der Waals surface area contributed by atoms with E-state index in [1.54, 1.807) is 4.68 Å². The van der Waals surface area contributed by atoms with Gasteiger partial charge in [0, 0.05) is 12.8 Å². The van der Waals surface area contributed by atoms with Gasteiger partial charge in [-0.05, 0) is 13.3 Å². The minimum Gasteiger partial charge on any atom is -0.464 e. The van der Waals surface area contributed by atoms with Gasteiger partial charge in [0.2, 0.25) is 0 Å². The lowest BCUT2D eigenvalue weighted by atomic mass is 10.2. The molecule has 0 bridgehead atoms. The summed E-state index contributed by atoms with van der Waals surface area (Å²) in [6.07, 6.45) is 2.21. The van der Waals surface area contributed by atoms with Crippen LogP contribution in [0, 0.1) is 0 Å². The van der Waals surface area contributed by atoms with Gasteiger partial charge in [0.1, 0.15) is 5.82 Å². The number of aryl methyl sites for hydroxylation is 2. The van der Waals surface area contributed by atoms with Crippen LogP contribution in [0.5, 0.6) is 0 Å². The van der Waals surface area contributed by atoms with Gasteiger partial charge in [0.05, 0.1) is 6.61 Å². The molecule has 1 aromatic heterocycles. The summed E-state index contributed by atoms with van der Waals surface area (Å²) in [5.41, 5.74) is 0. The Balaban J connectivity index is 3.01. The SMILES string of the molecule is CCOC(=O)C(CC)n1nc(CC)nc1CC. The maximum absolute atomic E-state index is 11.8. The molecule has 0 saturated carbocycles.